The number of nitrogens with one attached hydrogen (secondary N) is 1. The van der Waals surface area contributed by atoms with Gasteiger partial charge in [0.15, 0.2) is 0 Å². The minimum Gasteiger partial charge on any atom is -0.317 e. The fourth-order valence-electron chi connectivity index (χ4n) is 2.12. The average Bonchev–Trinajstić information content (AvgIpc) is 2.44. The molecule has 1 aromatic rings. The molecule has 0 amide bonds. The molecule has 0 radical (unpaired) electrons. The Hall–Kier alpha value is -1.03. The molecular weight excluding hydrogens is 287 g/mol. The number of halogens is 3. The third kappa shape index (κ3) is 9.08. The molecule has 0 spiro atoms. The van der Waals surface area contributed by atoms with Crippen LogP contribution in [0.5, 0.6) is 0 Å². The zero-order chi connectivity index (χ0) is 17.2. The van der Waals surface area contributed by atoms with Gasteiger partial charge < -0.3 is 5.32 Å². The van der Waals surface area contributed by atoms with Gasteiger partial charge in [0.2, 0.25) is 5.92 Å². The van der Waals surface area contributed by atoms with E-state index in [1.165, 1.54) is 12.5 Å². The third-order valence-electron chi connectivity index (χ3n) is 3.38. The fourth-order valence-corrected chi connectivity index (χ4v) is 2.12. The first-order valence-corrected chi connectivity index (χ1v) is 8.03. The molecule has 1 fully saturated rings. The molecule has 1 aromatic carbocycles. The van der Waals surface area contributed by atoms with Crippen molar-refractivity contribution >= 4 is 0 Å². The predicted molar refractivity (Wildman–Crippen MR) is 88.1 cm³/mol. The van der Waals surface area contributed by atoms with Gasteiger partial charge in [0, 0.05) is 18.9 Å². The summed E-state index contributed by atoms with van der Waals surface area (Å²) in [6.45, 7) is 7.89. The Morgan fingerprint density at radius 3 is 2.18 bits per heavy atom. The number of hydrogen-bond donors (Lipinski definition) is 1. The second kappa shape index (κ2) is 10.7. The van der Waals surface area contributed by atoms with Crippen molar-refractivity contribution in [2.45, 2.75) is 71.8 Å². The minimum absolute atomic E-state index is 0.0174. The topological polar surface area (TPSA) is 12.0 Å². The molecule has 1 aliphatic rings. The molecule has 0 aromatic heterocycles. The summed E-state index contributed by atoms with van der Waals surface area (Å²) < 4.78 is 37.8. The molecule has 0 aliphatic heterocycles. The standard InChI is InChI=1S/C8H9F.C7H13F2N.C3H8/c1-6-3-4-7(2)8(9)5-6;1-10-6-3-2-4-7(8,9)5-6;1-3-2/h3-5H,1-2H3;6,10H,2-5H2,1H3;3H2,1-2H3. The van der Waals surface area contributed by atoms with E-state index >= 15 is 0 Å². The van der Waals surface area contributed by atoms with Gasteiger partial charge in [-0.3, -0.25) is 0 Å². The summed E-state index contributed by atoms with van der Waals surface area (Å²) in [5.41, 5.74) is 1.68. The van der Waals surface area contributed by atoms with Crippen LogP contribution in [0.4, 0.5) is 13.2 Å². The van der Waals surface area contributed by atoms with Gasteiger partial charge >= 0.3 is 0 Å². The van der Waals surface area contributed by atoms with Crippen LogP contribution in [0.2, 0.25) is 0 Å². The van der Waals surface area contributed by atoms with Crippen LogP contribution in [0.3, 0.4) is 0 Å². The van der Waals surface area contributed by atoms with E-state index in [0.29, 0.717) is 12.0 Å². The molecule has 1 aliphatic carbocycles. The highest BCUT2D eigenvalue weighted by molar-refractivity contribution is 5.21. The number of aryl methyl sites for hydroxylation is 2. The predicted octanol–water partition coefficient (Wildman–Crippen LogP) is 5.64. The molecule has 128 valence electrons. The quantitative estimate of drug-likeness (QED) is 0.706. The monoisotopic (exact) mass is 317 g/mol. The third-order valence-corrected chi connectivity index (χ3v) is 3.38. The Morgan fingerprint density at radius 2 is 1.82 bits per heavy atom. The lowest BCUT2D eigenvalue weighted by Gasteiger charge is -2.28. The van der Waals surface area contributed by atoms with Gasteiger partial charge in [0.25, 0.3) is 0 Å². The van der Waals surface area contributed by atoms with E-state index in [9.17, 15) is 13.2 Å². The molecule has 4 heteroatoms. The Kier molecular flexibility index (Phi) is 10.2. The number of hydrogen-bond acceptors (Lipinski definition) is 1. The van der Waals surface area contributed by atoms with Crippen LogP contribution in [-0.2, 0) is 0 Å². The molecule has 1 unspecified atom stereocenters. The highest BCUT2D eigenvalue weighted by atomic mass is 19.3. The van der Waals surface area contributed by atoms with Crippen LogP contribution in [0.1, 0.15) is 57.1 Å². The van der Waals surface area contributed by atoms with Crippen LogP contribution < -0.4 is 5.32 Å². The summed E-state index contributed by atoms with van der Waals surface area (Å²) in [5.74, 6) is -2.53. The maximum atomic E-state index is 12.6. The van der Waals surface area contributed by atoms with Gasteiger partial charge in [-0.05, 0) is 50.9 Å². The summed E-state index contributed by atoms with van der Waals surface area (Å²) in [5, 5.41) is 2.88. The van der Waals surface area contributed by atoms with Gasteiger partial charge in [-0.15, -0.1) is 0 Å². The second-order valence-corrected chi connectivity index (χ2v) is 5.90. The van der Waals surface area contributed by atoms with Crippen molar-refractivity contribution in [1.29, 1.82) is 0 Å². The van der Waals surface area contributed by atoms with Crippen molar-refractivity contribution in [3.8, 4) is 0 Å². The van der Waals surface area contributed by atoms with Crippen molar-refractivity contribution in [3.63, 3.8) is 0 Å². The Labute approximate surface area is 133 Å². The molecule has 2 rings (SSSR count). The molecule has 1 nitrogen and oxygen atoms in total. The van der Waals surface area contributed by atoms with E-state index in [-0.39, 0.29) is 24.7 Å². The van der Waals surface area contributed by atoms with Crippen LogP contribution in [0.25, 0.3) is 0 Å². The Morgan fingerprint density at radius 1 is 1.23 bits per heavy atom. The van der Waals surface area contributed by atoms with E-state index < -0.39 is 5.92 Å². The summed E-state index contributed by atoms with van der Waals surface area (Å²) in [6, 6.07) is 5.25. The lowest BCUT2D eigenvalue weighted by molar-refractivity contribution is -0.0432. The molecular formula is C18H30F3N. The SMILES string of the molecule is CCC.CNC1CCCC(F)(F)C1.Cc1ccc(C)c(F)c1. The molecule has 1 saturated carbocycles. The smallest absolute Gasteiger partial charge is 0.249 e. The van der Waals surface area contributed by atoms with Gasteiger partial charge in [0.05, 0.1) is 0 Å². The first-order valence-electron chi connectivity index (χ1n) is 8.03. The number of alkyl halides is 2. The normalized spacial score (nSPS) is 19.4. The molecule has 0 heterocycles. The Bertz CT molecular complexity index is 419. The van der Waals surface area contributed by atoms with E-state index in [4.69, 9.17) is 0 Å². The minimum atomic E-state index is -2.41. The summed E-state index contributed by atoms with van der Waals surface area (Å²) in [4.78, 5) is 0. The Balaban J connectivity index is 0.000000342. The highest BCUT2D eigenvalue weighted by Crippen LogP contribution is 2.32. The van der Waals surface area contributed by atoms with E-state index in [0.717, 1.165) is 12.0 Å². The summed E-state index contributed by atoms with van der Waals surface area (Å²) in [7, 11) is 1.74. The lowest BCUT2D eigenvalue weighted by Crippen LogP contribution is -2.37. The summed E-state index contributed by atoms with van der Waals surface area (Å²) in [6.07, 6.45) is 2.89. The number of rotatable bonds is 1. The highest BCUT2D eigenvalue weighted by Gasteiger charge is 2.35. The van der Waals surface area contributed by atoms with Crippen LogP contribution in [-0.4, -0.2) is 19.0 Å². The van der Waals surface area contributed by atoms with Gasteiger partial charge in [0.1, 0.15) is 5.82 Å². The van der Waals surface area contributed by atoms with Crippen molar-refractivity contribution in [2.24, 2.45) is 0 Å². The molecule has 1 atom stereocenters. The largest absolute Gasteiger partial charge is 0.317 e. The van der Waals surface area contributed by atoms with E-state index in [1.807, 2.05) is 13.0 Å². The van der Waals surface area contributed by atoms with Crippen molar-refractivity contribution in [2.75, 3.05) is 7.05 Å². The zero-order valence-electron chi connectivity index (χ0n) is 14.5. The van der Waals surface area contributed by atoms with Crippen molar-refractivity contribution < 1.29 is 13.2 Å². The summed E-state index contributed by atoms with van der Waals surface area (Å²) >= 11 is 0. The first-order chi connectivity index (χ1) is 10.3. The molecule has 22 heavy (non-hydrogen) atoms. The fraction of sp³-hybridized carbons (Fsp3) is 0.667. The average molecular weight is 317 g/mol. The van der Waals surface area contributed by atoms with Gasteiger partial charge in [-0.25, -0.2) is 13.2 Å². The van der Waals surface area contributed by atoms with Crippen molar-refractivity contribution in [3.05, 3.63) is 35.1 Å². The van der Waals surface area contributed by atoms with Crippen LogP contribution in [0, 0.1) is 19.7 Å². The molecule has 1 N–H and O–H groups in total. The molecule has 0 saturated heterocycles. The van der Waals surface area contributed by atoms with Gasteiger partial charge in [-0.2, -0.15) is 0 Å². The van der Waals surface area contributed by atoms with Gasteiger partial charge in [-0.1, -0.05) is 32.4 Å². The van der Waals surface area contributed by atoms with Crippen LogP contribution in [0.15, 0.2) is 18.2 Å². The second-order valence-electron chi connectivity index (χ2n) is 5.90. The van der Waals surface area contributed by atoms with E-state index in [2.05, 4.69) is 19.2 Å². The van der Waals surface area contributed by atoms with Crippen LogP contribution >= 0.6 is 0 Å². The zero-order valence-corrected chi connectivity index (χ0v) is 14.5. The first kappa shape index (κ1) is 21.0. The number of benzene rings is 1. The lowest BCUT2D eigenvalue weighted by atomic mass is 9.92. The maximum absolute atomic E-state index is 12.6. The van der Waals surface area contributed by atoms with E-state index in [1.54, 1.807) is 20.0 Å². The van der Waals surface area contributed by atoms with Crippen molar-refractivity contribution in [1.82, 2.24) is 5.32 Å². The molecule has 0 bridgehead atoms. The maximum Gasteiger partial charge on any atom is 0.249 e.